The van der Waals surface area contributed by atoms with Gasteiger partial charge in [0.1, 0.15) is 0 Å². The van der Waals surface area contributed by atoms with Crippen molar-refractivity contribution in [2.24, 2.45) is 0 Å². The highest BCUT2D eigenvalue weighted by Gasteiger charge is 1.99. The molecule has 0 N–H and O–H groups in total. The van der Waals surface area contributed by atoms with Crippen molar-refractivity contribution in [1.29, 1.82) is 0 Å². The summed E-state index contributed by atoms with van der Waals surface area (Å²) >= 11 is 0. The number of hydrogen-bond acceptors (Lipinski definition) is 0. The lowest BCUT2D eigenvalue weighted by Crippen LogP contribution is -1.92. The molecule has 104 valence electrons. The molecule has 0 nitrogen and oxygen atoms in total. The zero-order valence-corrected chi connectivity index (χ0v) is 12.4. The monoisotopic (exact) mass is 264 g/mol. The fourth-order valence-electron chi connectivity index (χ4n) is 2.35. The molecule has 0 saturated carbocycles. The van der Waals surface area contributed by atoms with Gasteiger partial charge in [0.05, 0.1) is 0 Å². The molecule has 0 amide bonds. The van der Waals surface area contributed by atoms with Gasteiger partial charge < -0.3 is 0 Å². The van der Waals surface area contributed by atoms with Gasteiger partial charge in [0, 0.05) is 0 Å². The van der Waals surface area contributed by atoms with E-state index in [1.54, 1.807) is 0 Å². The quantitative estimate of drug-likeness (QED) is 0.590. The normalized spacial score (nSPS) is 10.4. The first-order chi connectivity index (χ1) is 9.78. The van der Waals surface area contributed by atoms with E-state index in [0.717, 1.165) is 32.1 Å². The van der Waals surface area contributed by atoms with Crippen molar-refractivity contribution in [3.63, 3.8) is 0 Å². The smallest absolute Gasteiger partial charge is 0.0242 e. The minimum absolute atomic E-state index is 1.09. The van der Waals surface area contributed by atoms with Crippen molar-refractivity contribution in [3.8, 4) is 0 Å². The summed E-state index contributed by atoms with van der Waals surface area (Å²) in [5, 5.41) is 0. The molecule has 2 aromatic carbocycles. The van der Waals surface area contributed by atoms with Gasteiger partial charge in [-0.05, 0) is 48.8 Å². The number of aryl methyl sites for hydroxylation is 3. The maximum absolute atomic E-state index is 4.22. The molecule has 20 heavy (non-hydrogen) atoms. The second kappa shape index (κ2) is 7.69. The lowest BCUT2D eigenvalue weighted by Gasteiger charge is -2.07. The molecule has 2 aromatic rings. The molecule has 0 atom stereocenters. The second-order valence-electron chi connectivity index (χ2n) is 5.41. The Labute approximate surface area is 123 Å². The summed E-state index contributed by atoms with van der Waals surface area (Å²) in [5.74, 6) is 0. The summed E-state index contributed by atoms with van der Waals surface area (Å²) in [6, 6.07) is 19.6. The van der Waals surface area contributed by atoms with Crippen LogP contribution in [0.5, 0.6) is 0 Å². The van der Waals surface area contributed by atoms with E-state index >= 15 is 0 Å². The molecule has 2 rings (SSSR count). The summed E-state index contributed by atoms with van der Waals surface area (Å²) in [7, 11) is 0. The van der Waals surface area contributed by atoms with E-state index < -0.39 is 0 Å². The summed E-state index contributed by atoms with van der Waals surface area (Å²) in [5.41, 5.74) is 5.59. The van der Waals surface area contributed by atoms with Crippen LogP contribution >= 0.6 is 0 Å². The van der Waals surface area contributed by atoms with E-state index in [9.17, 15) is 0 Å². The molecule has 0 fully saturated rings. The Morgan fingerprint density at radius 1 is 0.750 bits per heavy atom. The van der Waals surface area contributed by atoms with Crippen LogP contribution in [0.2, 0.25) is 0 Å². The lowest BCUT2D eigenvalue weighted by molar-refractivity contribution is 0.839. The third kappa shape index (κ3) is 4.70. The Morgan fingerprint density at radius 2 is 1.25 bits per heavy atom. The van der Waals surface area contributed by atoms with Crippen LogP contribution in [0.1, 0.15) is 36.5 Å². The third-order valence-electron chi connectivity index (χ3n) is 3.81. The van der Waals surface area contributed by atoms with Crippen molar-refractivity contribution < 1.29 is 0 Å². The third-order valence-corrected chi connectivity index (χ3v) is 3.81. The van der Waals surface area contributed by atoms with Gasteiger partial charge in [-0.25, -0.2) is 0 Å². The van der Waals surface area contributed by atoms with Crippen LogP contribution in [0, 0.1) is 0 Å². The molecule has 0 bridgehead atoms. The van der Waals surface area contributed by atoms with Crippen LogP contribution in [-0.2, 0) is 19.3 Å². The van der Waals surface area contributed by atoms with Gasteiger partial charge in [-0.2, -0.15) is 0 Å². The molecule has 0 aliphatic carbocycles. The first kappa shape index (κ1) is 14.6. The molecule has 0 aliphatic heterocycles. The average Bonchev–Trinajstić information content (AvgIpc) is 2.52. The Balaban J connectivity index is 1.74. The highest BCUT2D eigenvalue weighted by Crippen LogP contribution is 2.14. The first-order valence-electron chi connectivity index (χ1n) is 7.56. The van der Waals surface area contributed by atoms with Crippen molar-refractivity contribution in [2.45, 2.75) is 39.0 Å². The fourth-order valence-corrected chi connectivity index (χ4v) is 2.35. The van der Waals surface area contributed by atoms with E-state index in [2.05, 4.69) is 68.1 Å². The predicted molar refractivity (Wildman–Crippen MR) is 88.0 cm³/mol. The Hall–Kier alpha value is -1.82. The highest BCUT2D eigenvalue weighted by molar-refractivity contribution is 5.23. The Bertz CT molecular complexity index is 520. The lowest BCUT2D eigenvalue weighted by atomic mass is 9.99. The fraction of sp³-hybridized carbons (Fsp3) is 0.300. The summed E-state index contributed by atoms with van der Waals surface area (Å²) in [6.07, 6.45) is 5.52. The van der Waals surface area contributed by atoms with Gasteiger partial charge in [0.2, 0.25) is 0 Å². The molecule has 0 spiro atoms. The summed E-state index contributed by atoms with van der Waals surface area (Å²) < 4.78 is 0. The van der Waals surface area contributed by atoms with Crippen LogP contribution in [0.25, 0.3) is 0 Å². The molecular formula is C20H24. The molecule has 0 heteroatoms. The molecule has 0 unspecified atom stereocenters. The highest BCUT2D eigenvalue weighted by atomic mass is 14.0. The van der Waals surface area contributed by atoms with E-state index in [4.69, 9.17) is 0 Å². The largest absolute Gasteiger partial charge is 0.0998 e. The molecule has 0 aliphatic rings. The summed E-state index contributed by atoms with van der Waals surface area (Å²) in [4.78, 5) is 0. The Morgan fingerprint density at radius 3 is 1.80 bits per heavy atom. The molecule has 0 radical (unpaired) electrons. The van der Waals surface area contributed by atoms with Crippen molar-refractivity contribution >= 4 is 0 Å². The molecule has 0 aromatic heterocycles. The number of allylic oxidation sites excluding steroid dienone is 1. The van der Waals surface area contributed by atoms with E-state index in [0.29, 0.717) is 0 Å². The zero-order chi connectivity index (χ0) is 14.2. The number of rotatable bonds is 7. The Kier molecular flexibility index (Phi) is 5.61. The average molecular weight is 264 g/mol. The van der Waals surface area contributed by atoms with Crippen LogP contribution < -0.4 is 0 Å². The number of benzene rings is 2. The topological polar surface area (TPSA) is 0 Å². The van der Waals surface area contributed by atoms with E-state index in [1.807, 2.05) is 0 Å². The maximum atomic E-state index is 4.22. The second-order valence-corrected chi connectivity index (χ2v) is 5.41. The van der Waals surface area contributed by atoms with Crippen LogP contribution in [0.3, 0.4) is 0 Å². The van der Waals surface area contributed by atoms with Gasteiger partial charge in [0.25, 0.3) is 0 Å². The van der Waals surface area contributed by atoms with Gasteiger partial charge in [-0.3, -0.25) is 0 Å². The van der Waals surface area contributed by atoms with E-state index in [1.165, 1.54) is 22.3 Å². The first-order valence-corrected chi connectivity index (χ1v) is 7.56. The predicted octanol–water partition coefficient (Wildman–Crippen LogP) is 5.37. The van der Waals surface area contributed by atoms with Gasteiger partial charge in [-0.15, -0.1) is 0 Å². The van der Waals surface area contributed by atoms with Crippen LogP contribution in [0.4, 0.5) is 0 Å². The van der Waals surface area contributed by atoms with Crippen LogP contribution in [0.15, 0.2) is 66.7 Å². The maximum Gasteiger partial charge on any atom is -0.0242 e. The molecule has 0 saturated heterocycles. The van der Waals surface area contributed by atoms with Gasteiger partial charge in [-0.1, -0.05) is 73.7 Å². The number of hydrogen-bond donors (Lipinski definition) is 0. The van der Waals surface area contributed by atoms with Gasteiger partial charge >= 0.3 is 0 Å². The summed E-state index contributed by atoms with van der Waals surface area (Å²) in [6.45, 7) is 6.41. The SMILES string of the molecule is C=C(CCc1ccccc1)CCc1ccc(CC)cc1. The van der Waals surface area contributed by atoms with Gasteiger partial charge in [0.15, 0.2) is 0 Å². The zero-order valence-electron chi connectivity index (χ0n) is 12.4. The van der Waals surface area contributed by atoms with Crippen molar-refractivity contribution in [1.82, 2.24) is 0 Å². The van der Waals surface area contributed by atoms with Crippen molar-refractivity contribution in [3.05, 3.63) is 83.4 Å². The van der Waals surface area contributed by atoms with Crippen LogP contribution in [-0.4, -0.2) is 0 Å². The van der Waals surface area contributed by atoms with E-state index in [-0.39, 0.29) is 0 Å². The van der Waals surface area contributed by atoms with Crippen molar-refractivity contribution in [2.75, 3.05) is 0 Å². The standard InChI is InChI=1S/C20H24/c1-3-18-13-15-20(16-14-18)12-10-17(2)9-11-19-7-5-4-6-8-19/h4-8,13-16H,2-3,9-12H2,1H3. The minimum atomic E-state index is 1.09. The molecular weight excluding hydrogens is 240 g/mol. The molecule has 0 heterocycles. The minimum Gasteiger partial charge on any atom is -0.0998 e.